The first kappa shape index (κ1) is 18.4. The number of hydrogen-bond acceptors (Lipinski definition) is 4. The Balaban J connectivity index is 2.84. The molecule has 0 unspecified atom stereocenters. The van der Waals surface area contributed by atoms with Crippen LogP contribution in [0.1, 0.15) is 27.7 Å². The molecule has 0 radical (unpaired) electrons. The molecule has 0 aliphatic rings. The summed E-state index contributed by atoms with van der Waals surface area (Å²) in [5, 5.41) is 0. The molecular weight excluding hydrogens is 304 g/mol. The average molecular weight is 328 g/mol. The van der Waals surface area contributed by atoms with Crippen molar-refractivity contribution in [1.29, 1.82) is 0 Å². The molecule has 1 amide bonds. The highest BCUT2D eigenvalue weighted by atomic mass is 32.2. The lowest BCUT2D eigenvalue weighted by atomic mass is 10.3. The monoisotopic (exact) mass is 328 g/mol. The number of ether oxygens (including phenoxy) is 1. The number of nitrogens with one attached hydrogen (secondary N) is 1. The van der Waals surface area contributed by atoms with Gasteiger partial charge in [-0.05, 0) is 52.0 Å². The van der Waals surface area contributed by atoms with E-state index in [0.717, 1.165) is 0 Å². The molecule has 0 saturated carbocycles. The quantitative estimate of drug-likeness (QED) is 0.787. The molecule has 6 nitrogen and oxygen atoms in total. The third-order valence-electron chi connectivity index (χ3n) is 3.22. The molecular formula is C15H24N2O4S. The van der Waals surface area contributed by atoms with Crippen LogP contribution >= 0.6 is 0 Å². The van der Waals surface area contributed by atoms with Gasteiger partial charge in [0.15, 0.2) is 0 Å². The van der Waals surface area contributed by atoms with Crippen LogP contribution in [-0.2, 0) is 14.8 Å². The van der Waals surface area contributed by atoms with Crippen molar-refractivity contribution < 1.29 is 17.9 Å². The van der Waals surface area contributed by atoms with Gasteiger partial charge in [0, 0.05) is 13.1 Å². The zero-order valence-corrected chi connectivity index (χ0v) is 14.3. The summed E-state index contributed by atoms with van der Waals surface area (Å²) in [6.07, 6.45) is 0. The van der Waals surface area contributed by atoms with E-state index in [1.807, 2.05) is 20.8 Å². The largest absolute Gasteiger partial charge is 0.494 e. The van der Waals surface area contributed by atoms with Crippen molar-refractivity contribution in [3.63, 3.8) is 0 Å². The van der Waals surface area contributed by atoms with E-state index in [-0.39, 0.29) is 10.8 Å². The minimum absolute atomic E-state index is 0.107. The van der Waals surface area contributed by atoms with Crippen LogP contribution in [0, 0.1) is 0 Å². The van der Waals surface area contributed by atoms with Gasteiger partial charge in [0.2, 0.25) is 15.9 Å². The second kappa shape index (κ2) is 8.14. The molecule has 1 aromatic rings. The first-order chi connectivity index (χ1) is 10.4. The second-order valence-electron chi connectivity index (χ2n) is 4.76. The van der Waals surface area contributed by atoms with Crippen molar-refractivity contribution in [3.8, 4) is 5.75 Å². The molecule has 0 spiro atoms. The molecule has 1 atom stereocenters. The fraction of sp³-hybridized carbons (Fsp3) is 0.533. The molecule has 0 heterocycles. The van der Waals surface area contributed by atoms with Crippen molar-refractivity contribution in [2.24, 2.45) is 0 Å². The topological polar surface area (TPSA) is 75.7 Å². The van der Waals surface area contributed by atoms with Gasteiger partial charge in [-0.1, -0.05) is 0 Å². The molecule has 0 saturated heterocycles. The maximum Gasteiger partial charge on any atom is 0.241 e. The molecule has 0 aliphatic heterocycles. The Morgan fingerprint density at radius 3 is 2.18 bits per heavy atom. The molecule has 7 heteroatoms. The van der Waals surface area contributed by atoms with E-state index in [0.29, 0.717) is 25.4 Å². The first-order valence-electron chi connectivity index (χ1n) is 7.39. The molecule has 22 heavy (non-hydrogen) atoms. The fourth-order valence-corrected chi connectivity index (χ4v) is 3.24. The van der Waals surface area contributed by atoms with Crippen LogP contribution < -0.4 is 9.46 Å². The SMILES string of the molecule is CCOc1ccc(S(=O)(=O)N[C@@H](C)C(=O)N(CC)CC)cc1. The molecule has 1 rings (SSSR count). The number of benzene rings is 1. The van der Waals surface area contributed by atoms with Crippen LogP contribution in [0.25, 0.3) is 0 Å². The zero-order chi connectivity index (χ0) is 16.8. The third-order valence-corrected chi connectivity index (χ3v) is 4.78. The maximum atomic E-state index is 12.3. The van der Waals surface area contributed by atoms with E-state index in [1.165, 1.54) is 12.1 Å². The smallest absolute Gasteiger partial charge is 0.241 e. The van der Waals surface area contributed by atoms with Crippen molar-refractivity contribution in [3.05, 3.63) is 24.3 Å². The molecule has 0 aliphatic carbocycles. The van der Waals surface area contributed by atoms with Gasteiger partial charge in [0.05, 0.1) is 17.5 Å². The third kappa shape index (κ3) is 4.71. The van der Waals surface area contributed by atoms with Crippen LogP contribution in [0.4, 0.5) is 0 Å². The summed E-state index contributed by atoms with van der Waals surface area (Å²) in [4.78, 5) is 13.8. The van der Waals surface area contributed by atoms with Crippen LogP contribution in [0.2, 0.25) is 0 Å². The lowest BCUT2D eigenvalue weighted by Gasteiger charge is -2.23. The minimum atomic E-state index is -3.74. The molecule has 0 fully saturated rings. The fourth-order valence-electron chi connectivity index (χ4n) is 2.04. The number of sulfonamides is 1. The van der Waals surface area contributed by atoms with Crippen LogP contribution in [0.5, 0.6) is 5.75 Å². The highest BCUT2D eigenvalue weighted by Crippen LogP contribution is 2.16. The zero-order valence-electron chi connectivity index (χ0n) is 13.5. The minimum Gasteiger partial charge on any atom is -0.494 e. The summed E-state index contributed by atoms with van der Waals surface area (Å²) >= 11 is 0. The lowest BCUT2D eigenvalue weighted by molar-refractivity contribution is -0.132. The highest BCUT2D eigenvalue weighted by molar-refractivity contribution is 7.89. The standard InChI is InChI=1S/C15H24N2O4S/c1-5-17(6-2)15(18)12(4)16-22(19,20)14-10-8-13(9-11-14)21-7-3/h8-12,16H,5-7H2,1-4H3/t12-/m0/s1. The van der Waals surface area contributed by atoms with Crippen LogP contribution in [0.3, 0.4) is 0 Å². The summed E-state index contributed by atoms with van der Waals surface area (Å²) in [5.74, 6) is 0.369. The number of amides is 1. The van der Waals surface area contributed by atoms with Gasteiger partial charge in [-0.25, -0.2) is 8.42 Å². The van der Waals surface area contributed by atoms with Crippen molar-refractivity contribution >= 4 is 15.9 Å². The summed E-state index contributed by atoms with van der Waals surface area (Å²) in [5.41, 5.74) is 0. The predicted octanol–water partition coefficient (Wildman–Crippen LogP) is 1.62. The Morgan fingerprint density at radius 2 is 1.73 bits per heavy atom. The van der Waals surface area contributed by atoms with Crippen molar-refractivity contribution in [2.75, 3.05) is 19.7 Å². The van der Waals surface area contributed by atoms with E-state index >= 15 is 0 Å². The maximum absolute atomic E-state index is 12.3. The number of carbonyl (C=O) groups excluding carboxylic acids is 1. The molecule has 124 valence electrons. The van der Waals surface area contributed by atoms with Gasteiger partial charge in [-0.3, -0.25) is 4.79 Å². The second-order valence-corrected chi connectivity index (χ2v) is 6.47. The van der Waals surface area contributed by atoms with Gasteiger partial charge in [-0.2, -0.15) is 4.72 Å². The Morgan fingerprint density at radius 1 is 1.18 bits per heavy atom. The van der Waals surface area contributed by atoms with E-state index in [1.54, 1.807) is 24.0 Å². The van der Waals surface area contributed by atoms with Gasteiger partial charge in [-0.15, -0.1) is 0 Å². The number of hydrogen-bond donors (Lipinski definition) is 1. The van der Waals surface area contributed by atoms with Gasteiger partial charge in [0.1, 0.15) is 5.75 Å². The number of rotatable bonds is 8. The number of carbonyl (C=O) groups is 1. The van der Waals surface area contributed by atoms with Gasteiger partial charge in [0.25, 0.3) is 0 Å². The number of likely N-dealkylation sites (N-methyl/N-ethyl adjacent to an activating group) is 1. The molecule has 0 bridgehead atoms. The lowest BCUT2D eigenvalue weighted by Crippen LogP contribution is -2.46. The molecule has 0 aromatic heterocycles. The molecule has 1 aromatic carbocycles. The van der Waals surface area contributed by atoms with E-state index in [9.17, 15) is 13.2 Å². The summed E-state index contributed by atoms with van der Waals surface area (Å²) in [6.45, 7) is 8.72. The number of nitrogens with zero attached hydrogens (tertiary/aromatic N) is 1. The summed E-state index contributed by atoms with van der Waals surface area (Å²) in [6, 6.07) is 5.30. The first-order valence-corrected chi connectivity index (χ1v) is 8.88. The van der Waals surface area contributed by atoms with Crippen molar-refractivity contribution in [2.45, 2.75) is 38.6 Å². The Bertz CT molecular complexity index is 580. The van der Waals surface area contributed by atoms with E-state index in [2.05, 4.69) is 4.72 Å². The summed E-state index contributed by atoms with van der Waals surface area (Å²) < 4.78 is 32.3. The van der Waals surface area contributed by atoms with Crippen LogP contribution in [0.15, 0.2) is 29.2 Å². The Labute approximate surface area is 132 Å². The van der Waals surface area contributed by atoms with Gasteiger partial charge < -0.3 is 9.64 Å². The predicted molar refractivity (Wildman–Crippen MR) is 85.3 cm³/mol. The van der Waals surface area contributed by atoms with E-state index in [4.69, 9.17) is 4.74 Å². The van der Waals surface area contributed by atoms with Crippen molar-refractivity contribution in [1.82, 2.24) is 9.62 Å². The highest BCUT2D eigenvalue weighted by Gasteiger charge is 2.24. The average Bonchev–Trinajstić information content (AvgIpc) is 2.48. The Kier molecular flexibility index (Phi) is 6.83. The summed E-state index contributed by atoms with van der Waals surface area (Å²) in [7, 11) is -3.74. The molecule has 1 N–H and O–H groups in total. The normalized spacial score (nSPS) is 12.7. The van der Waals surface area contributed by atoms with Gasteiger partial charge >= 0.3 is 0 Å². The Hall–Kier alpha value is -1.60. The van der Waals surface area contributed by atoms with E-state index < -0.39 is 16.1 Å². The van der Waals surface area contributed by atoms with Crippen LogP contribution in [-0.4, -0.2) is 45.0 Å².